The van der Waals surface area contributed by atoms with Crippen molar-refractivity contribution >= 4 is 17.7 Å². The van der Waals surface area contributed by atoms with Crippen LogP contribution >= 0.6 is 0 Å². The molecule has 4 N–H and O–H groups in total. The first kappa shape index (κ1) is 16.5. The van der Waals surface area contributed by atoms with Gasteiger partial charge in [-0.25, -0.2) is 0 Å². The van der Waals surface area contributed by atoms with Crippen LogP contribution in [0.25, 0.3) is 0 Å². The average molecular weight is 295 g/mol. The van der Waals surface area contributed by atoms with Gasteiger partial charge >= 0.3 is 5.97 Å². The molecule has 1 atom stereocenters. The third-order valence-electron chi connectivity index (χ3n) is 2.89. The van der Waals surface area contributed by atoms with E-state index in [1.165, 1.54) is 19.1 Å². The van der Waals surface area contributed by atoms with Crippen molar-refractivity contribution in [3.8, 4) is 11.5 Å². The number of carbonyl (C=O) groups excluding carboxylic acids is 2. The van der Waals surface area contributed by atoms with Crippen LogP contribution in [0.5, 0.6) is 11.5 Å². The second-order valence-corrected chi connectivity index (χ2v) is 4.65. The number of phenols is 2. The Balaban J connectivity index is 2.54. The number of phenolic OH excluding ortho intramolecular Hbond substituents is 2. The van der Waals surface area contributed by atoms with Crippen LogP contribution in [0.4, 0.5) is 0 Å². The number of aliphatic carboxylic acids is 1. The fourth-order valence-electron chi connectivity index (χ4n) is 1.72. The molecule has 0 aliphatic heterocycles. The first-order valence-corrected chi connectivity index (χ1v) is 6.32. The summed E-state index contributed by atoms with van der Waals surface area (Å²) >= 11 is 0. The lowest BCUT2D eigenvalue weighted by atomic mass is 10.1. The zero-order valence-corrected chi connectivity index (χ0v) is 11.5. The molecule has 114 valence electrons. The van der Waals surface area contributed by atoms with Crippen molar-refractivity contribution in [3.63, 3.8) is 0 Å². The predicted octanol–water partition coefficient (Wildman–Crippen LogP) is 0.579. The van der Waals surface area contributed by atoms with E-state index in [0.29, 0.717) is 5.56 Å². The van der Waals surface area contributed by atoms with Crippen molar-refractivity contribution < 1.29 is 29.7 Å². The Kier molecular flexibility index (Phi) is 5.71. The van der Waals surface area contributed by atoms with Crippen LogP contribution in [0, 0.1) is 0 Å². The van der Waals surface area contributed by atoms with E-state index in [9.17, 15) is 19.5 Å². The minimum absolute atomic E-state index is 0.0353. The number of hydrogen-bond acceptors (Lipinski definition) is 5. The van der Waals surface area contributed by atoms with Crippen LogP contribution in [0.1, 0.15) is 25.3 Å². The molecule has 7 nitrogen and oxygen atoms in total. The van der Waals surface area contributed by atoms with E-state index in [1.54, 1.807) is 6.07 Å². The van der Waals surface area contributed by atoms with Crippen molar-refractivity contribution in [2.45, 2.75) is 32.2 Å². The Morgan fingerprint density at radius 2 is 1.86 bits per heavy atom. The Morgan fingerprint density at radius 1 is 1.19 bits per heavy atom. The van der Waals surface area contributed by atoms with Crippen molar-refractivity contribution in [2.24, 2.45) is 0 Å². The summed E-state index contributed by atoms with van der Waals surface area (Å²) in [7, 11) is 0. The number of carbonyl (C=O) groups is 3. The Morgan fingerprint density at radius 3 is 2.38 bits per heavy atom. The fourth-order valence-corrected chi connectivity index (χ4v) is 1.72. The maximum absolute atomic E-state index is 11.7. The Hall–Kier alpha value is -2.57. The first-order chi connectivity index (χ1) is 9.79. The van der Waals surface area contributed by atoms with E-state index in [1.807, 2.05) is 0 Å². The summed E-state index contributed by atoms with van der Waals surface area (Å²) in [5.41, 5.74) is 0.637. The second kappa shape index (κ2) is 7.28. The van der Waals surface area contributed by atoms with Crippen molar-refractivity contribution in [1.82, 2.24) is 5.32 Å². The van der Waals surface area contributed by atoms with Gasteiger partial charge in [-0.05, 0) is 31.0 Å². The highest BCUT2D eigenvalue weighted by Crippen LogP contribution is 2.25. The summed E-state index contributed by atoms with van der Waals surface area (Å²) in [6.07, 6.45) is -0.133. The highest BCUT2D eigenvalue weighted by Gasteiger charge is 2.20. The van der Waals surface area contributed by atoms with E-state index in [4.69, 9.17) is 10.2 Å². The molecule has 0 aliphatic rings. The molecule has 0 saturated heterocycles. The highest BCUT2D eigenvalue weighted by molar-refractivity contribution is 5.90. The second-order valence-electron chi connectivity index (χ2n) is 4.65. The minimum atomic E-state index is -1.17. The van der Waals surface area contributed by atoms with Crippen LogP contribution in [0.2, 0.25) is 0 Å². The van der Waals surface area contributed by atoms with Gasteiger partial charge < -0.3 is 20.6 Å². The van der Waals surface area contributed by atoms with Crippen LogP contribution in [0.15, 0.2) is 18.2 Å². The molecular formula is C14H17NO6. The van der Waals surface area contributed by atoms with Gasteiger partial charge in [0.15, 0.2) is 17.3 Å². The molecule has 0 aromatic heterocycles. The van der Waals surface area contributed by atoms with E-state index in [-0.39, 0.29) is 24.3 Å². The molecule has 1 aromatic rings. The van der Waals surface area contributed by atoms with Gasteiger partial charge in [-0.1, -0.05) is 6.07 Å². The third kappa shape index (κ3) is 5.52. The smallest absolute Gasteiger partial charge is 0.305 e. The average Bonchev–Trinajstić information content (AvgIpc) is 2.38. The summed E-state index contributed by atoms with van der Waals surface area (Å²) in [6, 6.07) is 3.17. The molecule has 1 rings (SSSR count). The summed E-state index contributed by atoms with van der Waals surface area (Å²) in [4.78, 5) is 33.5. The lowest BCUT2D eigenvalue weighted by Gasteiger charge is -2.13. The number of Topliss-reactive ketones (excluding diaryl/α,β-unsaturated/α-hetero) is 1. The maximum Gasteiger partial charge on any atom is 0.305 e. The fraction of sp³-hybridized carbons (Fsp3) is 0.357. The number of benzene rings is 1. The van der Waals surface area contributed by atoms with Gasteiger partial charge in [-0.3, -0.25) is 14.4 Å². The van der Waals surface area contributed by atoms with Gasteiger partial charge in [-0.2, -0.15) is 0 Å². The van der Waals surface area contributed by atoms with E-state index in [2.05, 4.69) is 5.32 Å². The van der Waals surface area contributed by atoms with Gasteiger partial charge in [0.2, 0.25) is 5.91 Å². The number of carboxylic acids is 1. The number of carboxylic acid groups (broad SMARTS) is 1. The number of hydrogen-bond donors (Lipinski definition) is 4. The Bertz CT molecular complexity index is 554. The summed E-state index contributed by atoms with van der Waals surface area (Å²) in [5, 5.41) is 29.5. The first-order valence-electron chi connectivity index (χ1n) is 6.32. The maximum atomic E-state index is 11.7. The van der Waals surface area contributed by atoms with E-state index < -0.39 is 30.1 Å². The molecule has 0 saturated carbocycles. The molecule has 0 radical (unpaired) electrons. The monoisotopic (exact) mass is 295 g/mol. The van der Waals surface area contributed by atoms with Crippen molar-refractivity contribution in [2.75, 3.05) is 0 Å². The largest absolute Gasteiger partial charge is 0.504 e. The third-order valence-corrected chi connectivity index (χ3v) is 2.89. The molecule has 1 amide bonds. The van der Waals surface area contributed by atoms with Crippen LogP contribution in [-0.2, 0) is 20.8 Å². The number of amides is 1. The normalized spacial score (nSPS) is 11.7. The molecule has 0 aliphatic carbocycles. The number of ketones is 1. The van der Waals surface area contributed by atoms with Crippen LogP contribution < -0.4 is 5.32 Å². The summed E-state index contributed by atoms with van der Waals surface area (Å²) < 4.78 is 0. The lowest BCUT2D eigenvalue weighted by Crippen LogP contribution is -2.41. The molecule has 0 bridgehead atoms. The number of aromatic hydroxyl groups is 2. The number of nitrogens with one attached hydrogen (secondary N) is 1. The SMILES string of the molecule is CC(=O)C(CC(=O)O)NC(=O)CCc1ccc(O)c(O)c1. The summed E-state index contributed by atoms with van der Waals surface area (Å²) in [5.74, 6) is -2.57. The van der Waals surface area contributed by atoms with Crippen LogP contribution in [-0.4, -0.2) is 39.0 Å². The molecule has 0 spiro atoms. The van der Waals surface area contributed by atoms with Gasteiger partial charge in [0.25, 0.3) is 0 Å². The zero-order valence-electron chi connectivity index (χ0n) is 11.5. The molecule has 0 fully saturated rings. The Labute approximate surface area is 121 Å². The van der Waals surface area contributed by atoms with Gasteiger partial charge in [0.05, 0.1) is 12.5 Å². The molecule has 0 heterocycles. The molecule has 1 unspecified atom stereocenters. The van der Waals surface area contributed by atoms with Gasteiger partial charge in [0, 0.05) is 6.42 Å². The van der Waals surface area contributed by atoms with Crippen molar-refractivity contribution in [3.05, 3.63) is 23.8 Å². The van der Waals surface area contributed by atoms with E-state index in [0.717, 1.165) is 0 Å². The van der Waals surface area contributed by atoms with Crippen LogP contribution in [0.3, 0.4) is 0 Å². The van der Waals surface area contributed by atoms with E-state index >= 15 is 0 Å². The topological polar surface area (TPSA) is 124 Å². The zero-order chi connectivity index (χ0) is 16.0. The van der Waals surface area contributed by atoms with Crippen molar-refractivity contribution in [1.29, 1.82) is 0 Å². The predicted molar refractivity (Wildman–Crippen MR) is 73.0 cm³/mol. The standard InChI is InChI=1S/C14H17NO6/c1-8(16)10(7-14(20)21)15-13(19)5-3-9-2-4-11(17)12(18)6-9/h2,4,6,10,17-18H,3,5,7H2,1H3,(H,15,19)(H,20,21). The number of aryl methyl sites for hydroxylation is 1. The van der Waals surface area contributed by atoms with Gasteiger partial charge in [0.1, 0.15) is 0 Å². The molecular weight excluding hydrogens is 278 g/mol. The number of rotatable bonds is 7. The minimum Gasteiger partial charge on any atom is -0.504 e. The molecule has 7 heteroatoms. The quantitative estimate of drug-likeness (QED) is 0.545. The molecule has 1 aromatic carbocycles. The summed E-state index contributed by atoms with van der Waals surface area (Å²) in [6.45, 7) is 1.21. The highest BCUT2D eigenvalue weighted by atomic mass is 16.4. The lowest BCUT2D eigenvalue weighted by molar-refractivity contribution is -0.139. The molecule has 21 heavy (non-hydrogen) atoms. The van der Waals surface area contributed by atoms with Gasteiger partial charge in [-0.15, -0.1) is 0 Å².